The van der Waals surface area contributed by atoms with Crippen LogP contribution in [0, 0.1) is 0 Å². The summed E-state index contributed by atoms with van der Waals surface area (Å²) in [6, 6.07) is 12.3. The molecule has 0 unspecified atom stereocenters. The number of hydrogen-bond donors (Lipinski definition) is 1. The van der Waals surface area contributed by atoms with E-state index in [9.17, 15) is 19.2 Å². The van der Waals surface area contributed by atoms with Crippen LogP contribution >= 0.6 is 0 Å². The number of benzene rings is 2. The summed E-state index contributed by atoms with van der Waals surface area (Å²) in [5.74, 6) is -2.24. The molecule has 0 aromatic heterocycles. The molecule has 0 saturated carbocycles. The Morgan fingerprint density at radius 2 is 1.50 bits per heavy atom. The fourth-order valence-electron chi connectivity index (χ4n) is 2.69. The summed E-state index contributed by atoms with van der Waals surface area (Å²) in [7, 11) is 2.51. The maximum Gasteiger partial charge on any atom is 0.337 e. The Kier molecular flexibility index (Phi) is 5.21. The van der Waals surface area contributed by atoms with Gasteiger partial charge in [0.15, 0.2) is 0 Å². The molecule has 2 aromatic carbocycles. The lowest BCUT2D eigenvalue weighted by Crippen LogP contribution is -2.32. The third-order valence-electron chi connectivity index (χ3n) is 4.01. The Hall–Kier alpha value is -3.94. The summed E-state index contributed by atoms with van der Waals surface area (Å²) in [6.07, 6.45) is 1.15. The highest BCUT2D eigenvalue weighted by Crippen LogP contribution is 2.25. The zero-order valence-electron chi connectivity index (χ0n) is 15.1. The number of esters is 2. The second-order valence-corrected chi connectivity index (χ2v) is 5.78. The first-order chi connectivity index (χ1) is 13.4. The summed E-state index contributed by atoms with van der Waals surface area (Å²) >= 11 is 0. The van der Waals surface area contributed by atoms with E-state index in [4.69, 9.17) is 0 Å². The van der Waals surface area contributed by atoms with Gasteiger partial charge < -0.3 is 14.8 Å². The fourth-order valence-corrected chi connectivity index (χ4v) is 2.69. The number of anilines is 2. The number of carbonyl (C=O) groups excluding carboxylic acids is 4. The lowest BCUT2D eigenvalue weighted by Gasteiger charge is -2.16. The van der Waals surface area contributed by atoms with Crippen LogP contribution in [0.3, 0.4) is 0 Å². The molecular weight excluding hydrogens is 364 g/mol. The zero-order chi connectivity index (χ0) is 20.3. The number of imide groups is 1. The van der Waals surface area contributed by atoms with Gasteiger partial charge in [-0.2, -0.15) is 0 Å². The molecular formula is C20H16N2O6. The van der Waals surface area contributed by atoms with Gasteiger partial charge in [0, 0.05) is 11.8 Å². The average Bonchev–Trinajstić information content (AvgIpc) is 2.99. The van der Waals surface area contributed by atoms with Crippen molar-refractivity contribution in [2.45, 2.75) is 0 Å². The molecule has 142 valence electrons. The minimum absolute atomic E-state index is 0.0375. The summed E-state index contributed by atoms with van der Waals surface area (Å²) in [4.78, 5) is 49.3. The van der Waals surface area contributed by atoms with Gasteiger partial charge in [-0.15, -0.1) is 0 Å². The van der Waals surface area contributed by atoms with Crippen molar-refractivity contribution >= 4 is 35.1 Å². The van der Waals surface area contributed by atoms with Crippen LogP contribution in [0.5, 0.6) is 0 Å². The third kappa shape index (κ3) is 3.61. The van der Waals surface area contributed by atoms with Gasteiger partial charge in [-0.1, -0.05) is 12.1 Å². The summed E-state index contributed by atoms with van der Waals surface area (Å²) in [5, 5.41) is 2.84. The highest BCUT2D eigenvalue weighted by molar-refractivity contribution is 6.31. The second kappa shape index (κ2) is 7.75. The first kappa shape index (κ1) is 18.8. The van der Waals surface area contributed by atoms with Crippen molar-refractivity contribution in [3.05, 3.63) is 71.4 Å². The second-order valence-electron chi connectivity index (χ2n) is 5.78. The van der Waals surface area contributed by atoms with E-state index in [2.05, 4.69) is 14.8 Å². The smallest absolute Gasteiger partial charge is 0.337 e. The van der Waals surface area contributed by atoms with Gasteiger partial charge in [0.05, 0.1) is 31.0 Å². The van der Waals surface area contributed by atoms with E-state index in [1.807, 2.05) is 0 Å². The number of nitrogens with zero attached hydrogens (tertiary/aromatic N) is 1. The van der Waals surface area contributed by atoms with Gasteiger partial charge in [-0.25, -0.2) is 14.5 Å². The van der Waals surface area contributed by atoms with Crippen molar-refractivity contribution in [1.82, 2.24) is 0 Å². The summed E-state index contributed by atoms with van der Waals surface area (Å²) in [6.45, 7) is 0. The standard InChI is InChI=1S/C20H16N2O6/c1-27-19(25)12-5-3-7-14(9-12)21-16-11-17(23)22(18(16)24)15-8-4-6-13(10-15)20(26)28-2/h3-11,21H,1-2H3. The normalized spacial score (nSPS) is 13.2. The Bertz CT molecular complexity index is 1010. The van der Waals surface area contributed by atoms with Gasteiger partial charge in [-0.05, 0) is 36.4 Å². The molecule has 28 heavy (non-hydrogen) atoms. The molecule has 1 heterocycles. The molecule has 8 nitrogen and oxygen atoms in total. The highest BCUT2D eigenvalue weighted by atomic mass is 16.5. The van der Waals surface area contributed by atoms with E-state index in [0.717, 1.165) is 11.0 Å². The van der Waals surface area contributed by atoms with Crippen LogP contribution in [-0.2, 0) is 19.1 Å². The Morgan fingerprint density at radius 1 is 0.893 bits per heavy atom. The van der Waals surface area contributed by atoms with Gasteiger partial charge in [-0.3, -0.25) is 9.59 Å². The molecule has 1 aliphatic heterocycles. The largest absolute Gasteiger partial charge is 0.465 e. The van der Waals surface area contributed by atoms with E-state index in [1.165, 1.54) is 38.5 Å². The van der Waals surface area contributed by atoms with Crippen LogP contribution in [0.15, 0.2) is 60.3 Å². The molecule has 0 aliphatic carbocycles. The van der Waals surface area contributed by atoms with Crippen molar-refractivity contribution < 1.29 is 28.7 Å². The fraction of sp³-hybridized carbons (Fsp3) is 0.100. The van der Waals surface area contributed by atoms with Gasteiger partial charge in [0.1, 0.15) is 5.70 Å². The van der Waals surface area contributed by atoms with Crippen molar-refractivity contribution in [2.24, 2.45) is 0 Å². The molecule has 8 heteroatoms. The van der Waals surface area contributed by atoms with Crippen molar-refractivity contribution in [3.8, 4) is 0 Å². The van der Waals surface area contributed by atoms with Gasteiger partial charge >= 0.3 is 11.9 Å². The van der Waals surface area contributed by atoms with E-state index >= 15 is 0 Å². The first-order valence-electron chi connectivity index (χ1n) is 8.18. The monoisotopic (exact) mass is 380 g/mol. The molecule has 1 N–H and O–H groups in total. The lowest BCUT2D eigenvalue weighted by atomic mass is 10.2. The number of hydrogen-bond acceptors (Lipinski definition) is 7. The molecule has 0 spiro atoms. The minimum atomic E-state index is -0.588. The van der Waals surface area contributed by atoms with E-state index in [1.54, 1.807) is 24.3 Å². The highest BCUT2D eigenvalue weighted by Gasteiger charge is 2.33. The number of rotatable bonds is 5. The average molecular weight is 380 g/mol. The van der Waals surface area contributed by atoms with Crippen LogP contribution in [0.2, 0.25) is 0 Å². The molecule has 0 atom stereocenters. The van der Waals surface area contributed by atoms with Crippen LogP contribution in [0.4, 0.5) is 11.4 Å². The number of amides is 2. The maximum atomic E-state index is 12.7. The summed E-state index contributed by atoms with van der Waals surface area (Å²) < 4.78 is 9.32. The van der Waals surface area contributed by atoms with E-state index < -0.39 is 23.8 Å². The Morgan fingerprint density at radius 3 is 2.14 bits per heavy atom. The molecule has 0 fully saturated rings. The molecule has 2 aromatic rings. The van der Waals surface area contributed by atoms with Crippen molar-refractivity contribution in [1.29, 1.82) is 0 Å². The molecule has 1 aliphatic rings. The minimum Gasteiger partial charge on any atom is -0.465 e. The van der Waals surface area contributed by atoms with Crippen LogP contribution < -0.4 is 10.2 Å². The molecule has 2 amide bonds. The number of ether oxygens (including phenoxy) is 2. The van der Waals surface area contributed by atoms with Crippen molar-refractivity contribution in [2.75, 3.05) is 24.4 Å². The quantitative estimate of drug-likeness (QED) is 0.626. The summed E-state index contributed by atoms with van der Waals surface area (Å²) in [5.41, 5.74) is 1.24. The lowest BCUT2D eigenvalue weighted by molar-refractivity contribution is -0.120. The van der Waals surface area contributed by atoms with Crippen LogP contribution in [0.1, 0.15) is 20.7 Å². The zero-order valence-corrected chi connectivity index (χ0v) is 15.1. The third-order valence-corrected chi connectivity index (χ3v) is 4.01. The van der Waals surface area contributed by atoms with Crippen molar-refractivity contribution in [3.63, 3.8) is 0 Å². The number of methoxy groups -OCH3 is 2. The first-order valence-corrected chi connectivity index (χ1v) is 8.18. The van der Waals surface area contributed by atoms with Crippen LogP contribution in [0.25, 0.3) is 0 Å². The van der Waals surface area contributed by atoms with Crippen LogP contribution in [-0.4, -0.2) is 38.0 Å². The molecule has 0 bridgehead atoms. The predicted octanol–water partition coefficient (Wildman–Crippen LogP) is 2.13. The predicted molar refractivity (Wildman–Crippen MR) is 99.8 cm³/mol. The SMILES string of the molecule is COC(=O)c1cccc(NC2=CC(=O)N(c3cccc(C(=O)OC)c3)C2=O)c1. The topological polar surface area (TPSA) is 102 Å². The van der Waals surface area contributed by atoms with Gasteiger partial charge in [0.2, 0.25) is 0 Å². The van der Waals surface area contributed by atoms with E-state index in [0.29, 0.717) is 11.3 Å². The van der Waals surface area contributed by atoms with Gasteiger partial charge in [0.25, 0.3) is 11.8 Å². The molecule has 0 saturated heterocycles. The Labute approximate surface area is 160 Å². The number of nitrogens with one attached hydrogen (secondary N) is 1. The van der Waals surface area contributed by atoms with E-state index in [-0.39, 0.29) is 16.9 Å². The Balaban J connectivity index is 1.83. The number of carbonyl (C=O) groups is 4. The molecule has 3 rings (SSSR count). The molecule has 0 radical (unpaired) electrons. The maximum absolute atomic E-state index is 12.7.